The topological polar surface area (TPSA) is 12.0 Å². The van der Waals surface area contributed by atoms with Gasteiger partial charge >= 0.3 is 0 Å². The predicted octanol–water partition coefficient (Wildman–Crippen LogP) is 4.64. The molecular weight excluding hydrogens is 238 g/mol. The number of benzene rings is 1. The molecule has 1 aromatic carbocycles. The van der Waals surface area contributed by atoms with E-state index in [0.717, 1.165) is 11.2 Å². The fourth-order valence-electron chi connectivity index (χ4n) is 2.77. The van der Waals surface area contributed by atoms with Crippen molar-refractivity contribution in [3.63, 3.8) is 0 Å². The predicted molar refractivity (Wildman–Crippen MR) is 81.2 cm³/mol. The van der Waals surface area contributed by atoms with E-state index in [1.54, 1.807) is 0 Å². The summed E-state index contributed by atoms with van der Waals surface area (Å²) in [5, 5.41) is 4.17. The van der Waals surface area contributed by atoms with Crippen molar-refractivity contribution in [1.29, 1.82) is 0 Å². The van der Waals surface area contributed by atoms with Crippen LogP contribution in [0, 0.1) is 5.92 Å². The lowest BCUT2D eigenvalue weighted by Gasteiger charge is -2.27. The van der Waals surface area contributed by atoms with Crippen LogP contribution in [-0.2, 0) is 0 Å². The summed E-state index contributed by atoms with van der Waals surface area (Å²) >= 11 is 2.10. The number of hydrogen-bond donors (Lipinski definition) is 1. The van der Waals surface area contributed by atoms with E-state index in [2.05, 4.69) is 55.2 Å². The van der Waals surface area contributed by atoms with Crippen molar-refractivity contribution in [3.05, 3.63) is 29.8 Å². The fraction of sp³-hybridized carbons (Fsp3) is 0.625. The molecule has 100 valence electrons. The molecule has 0 radical (unpaired) electrons. The molecule has 2 rings (SSSR count). The number of rotatable bonds is 4. The maximum absolute atomic E-state index is 3.35. The molecule has 0 saturated heterocycles. The van der Waals surface area contributed by atoms with Gasteiger partial charge in [0.1, 0.15) is 0 Å². The molecule has 1 N–H and O–H groups in total. The zero-order valence-electron chi connectivity index (χ0n) is 11.8. The van der Waals surface area contributed by atoms with Gasteiger partial charge in [0.2, 0.25) is 0 Å². The lowest BCUT2D eigenvalue weighted by molar-refractivity contribution is 0.394. The second-order valence-electron chi connectivity index (χ2n) is 5.56. The van der Waals surface area contributed by atoms with E-state index in [0.29, 0.717) is 6.04 Å². The molecule has 0 bridgehead atoms. The van der Waals surface area contributed by atoms with E-state index in [1.165, 1.54) is 36.1 Å². The molecule has 0 amide bonds. The standard InChI is InChI=1S/C16H25NS/c1-12-7-6-8-14(11-12)18-16-10-5-4-9-15(16)13(2)17-3/h4-5,9-10,12-14,17H,6-8,11H2,1-3H3. The first-order valence-electron chi connectivity index (χ1n) is 7.13. The molecule has 2 heteroatoms. The summed E-state index contributed by atoms with van der Waals surface area (Å²) in [4.78, 5) is 1.47. The molecule has 1 saturated carbocycles. The maximum atomic E-state index is 3.35. The van der Waals surface area contributed by atoms with Gasteiger partial charge < -0.3 is 5.32 Å². The van der Waals surface area contributed by atoms with E-state index in [9.17, 15) is 0 Å². The molecule has 0 heterocycles. The summed E-state index contributed by atoms with van der Waals surface area (Å²) in [6.07, 6.45) is 5.60. The van der Waals surface area contributed by atoms with Gasteiger partial charge in [0.15, 0.2) is 0 Å². The SMILES string of the molecule is CNC(C)c1ccccc1SC1CCCC(C)C1. The maximum Gasteiger partial charge on any atom is 0.0300 e. The van der Waals surface area contributed by atoms with Gasteiger partial charge in [0, 0.05) is 16.2 Å². The van der Waals surface area contributed by atoms with Crippen LogP contribution in [0.1, 0.15) is 51.1 Å². The average molecular weight is 263 g/mol. The van der Waals surface area contributed by atoms with Gasteiger partial charge in [-0.3, -0.25) is 0 Å². The van der Waals surface area contributed by atoms with Gasteiger partial charge in [-0.2, -0.15) is 0 Å². The highest BCUT2D eigenvalue weighted by Gasteiger charge is 2.21. The van der Waals surface area contributed by atoms with Gasteiger partial charge in [-0.25, -0.2) is 0 Å². The van der Waals surface area contributed by atoms with Crippen LogP contribution < -0.4 is 5.32 Å². The first kappa shape index (κ1) is 14.0. The summed E-state index contributed by atoms with van der Waals surface area (Å²) in [5.41, 5.74) is 1.45. The molecule has 3 unspecified atom stereocenters. The third-order valence-corrected chi connectivity index (χ3v) is 5.39. The molecule has 0 spiro atoms. The number of thioether (sulfide) groups is 1. The van der Waals surface area contributed by atoms with Crippen molar-refractivity contribution in [3.8, 4) is 0 Å². The molecule has 1 nitrogen and oxygen atoms in total. The molecule has 0 aromatic heterocycles. The minimum absolute atomic E-state index is 0.440. The van der Waals surface area contributed by atoms with Crippen LogP contribution in [0.4, 0.5) is 0 Å². The van der Waals surface area contributed by atoms with Crippen LogP contribution in [0.2, 0.25) is 0 Å². The largest absolute Gasteiger partial charge is 0.313 e. The fourth-order valence-corrected chi connectivity index (χ4v) is 4.37. The van der Waals surface area contributed by atoms with Gasteiger partial charge in [0.05, 0.1) is 0 Å². The summed E-state index contributed by atoms with van der Waals surface area (Å²) in [6, 6.07) is 9.30. The lowest BCUT2D eigenvalue weighted by Crippen LogP contribution is -2.17. The summed E-state index contributed by atoms with van der Waals surface area (Å²) in [7, 11) is 2.04. The third kappa shape index (κ3) is 3.52. The van der Waals surface area contributed by atoms with Crippen LogP contribution >= 0.6 is 11.8 Å². The quantitative estimate of drug-likeness (QED) is 0.849. The Morgan fingerprint density at radius 2 is 2.06 bits per heavy atom. The second kappa shape index (κ2) is 6.63. The Morgan fingerprint density at radius 3 is 2.78 bits per heavy atom. The minimum atomic E-state index is 0.440. The Balaban J connectivity index is 2.08. The zero-order chi connectivity index (χ0) is 13.0. The Labute approximate surface area is 116 Å². The Kier molecular flexibility index (Phi) is 5.13. The highest BCUT2D eigenvalue weighted by molar-refractivity contribution is 8.00. The highest BCUT2D eigenvalue weighted by atomic mass is 32.2. The summed E-state index contributed by atoms with van der Waals surface area (Å²) < 4.78 is 0. The van der Waals surface area contributed by atoms with Crippen molar-refractivity contribution in [2.24, 2.45) is 5.92 Å². The Hall–Kier alpha value is -0.470. The summed E-state index contributed by atoms with van der Waals surface area (Å²) in [6.45, 7) is 4.64. The zero-order valence-corrected chi connectivity index (χ0v) is 12.6. The van der Waals surface area contributed by atoms with E-state index >= 15 is 0 Å². The molecule has 1 fully saturated rings. The van der Waals surface area contributed by atoms with Gasteiger partial charge in [-0.15, -0.1) is 11.8 Å². The Morgan fingerprint density at radius 1 is 1.28 bits per heavy atom. The van der Waals surface area contributed by atoms with Crippen molar-refractivity contribution >= 4 is 11.8 Å². The molecule has 0 aliphatic heterocycles. The minimum Gasteiger partial charge on any atom is -0.313 e. The monoisotopic (exact) mass is 263 g/mol. The van der Waals surface area contributed by atoms with E-state index in [1.807, 2.05) is 7.05 Å². The first-order valence-corrected chi connectivity index (χ1v) is 8.01. The van der Waals surface area contributed by atoms with Crippen LogP contribution in [0.15, 0.2) is 29.2 Å². The number of hydrogen-bond acceptors (Lipinski definition) is 2. The van der Waals surface area contributed by atoms with Crippen molar-refractivity contribution in [1.82, 2.24) is 5.32 Å². The molecule has 1 aliphatic rings. The molecular formula is C16H25NS. The molecule has 3 atom stereocenters. The first-order chi connectivity index (χ1) is 8.70. The average Bonchev–Trinajstić information content (AvgIpc) is 2.38. The second-order valence-corrected chi connectivity index (χ2v) is 6.90. The molecule has 1 aliphatic carbocycles. The normalized spacial score (nSPS) is 25.9. The van der Waals surface area contributed by atoms with E-state index in [-0.39, 0.29) is 0 Å². The van der Waals surface area contributed by atoms with Crippen LogP contribution in [0.3, 0.4) is 0 Å². The summed E-state index contributed by atoms with van der Waals surface area (Å²) in [5.74, 6) is 0.908. The van der Waals surface area contributed by atoms with Crippen LogP contribution in [0.25, 0.3) is 0 Å². The van der Waals surface area contributed by atoms with Crippen LogP contribution in [-0.4, -0.2) is 12.3 Å². The van der Waals surface area contributed by atoms with Gasteiger partial charge in [-0.05, 0) is 44.4 Å². The smallest absolute Gasteiger partial charge is 0.0300 e. The van der Waals surface area contributed by atoms with Crippen LogP contribution in [0.5, 0.6) is 0 Å². The highest BCUT2D eigenvalue weighted by Crippen LogP contribution is 2.38. The Bertz CT molecular complexity index is 377. The van der Waals surface area contributed by atoms with Crippen molar-refractivity contribution in [2.45, 2.75) is 55.7 Å². The molecule has 18 heavy (non-hydrogen) atoms. The van der Waals surface area contributed by atoms with Crippen molar-refractivity contribution in [2.75, 3.05) is 7.05 Å². The lowest BCUT2D eigenvalue weighted by atomic mass is 9.91. The van der Waals surface area contributed by atoms with Crippen molar-refractivity contribution < 1.29 is 0 Å². The van der Waals surface area contributed by atoms with E-state index < -0.39 is 0 Å². The van der Waals surface area contributed by atoms with Gasteiger partial charge in [0.25, 0.3) is 0 Å². The number of nitrogens with one attached hydrogen (secondary N) is 1. The van der Waals surface area contributed by atoms with E-state index in [4.69, 9.17) is 0 Å². The third-order valence-electron chi connectivity index (χ3n) is 4.00. The molecule has 1 aromatic rings. The van der Waals surface area contributed by atoms with Gasteiger partial charge in [-0.1, -0.05) is 38.0 Å².